The Morgan fingerprint density at radius 1 is 1.13 bits per heavy atom. The van der Waals surface area contributed by atoms with E-state index in [2.05, 4.69) is 58.9 Å². The Kier molecular flexibility index (Phi) is 6.92. The van der Waals surface area contributed by atoms with E-state index in [1.165, 1.54) is 21.4 Å². The molecule has 0 radical (unpaired) electrons. The van der Waals surface area contributed by atoms with Gasteiger partial charge in [-0.05, 0) is 58.9 Å². The van der Waals surface area contributed by atoms with Gasteiger partial charge in [-0.2, -0.15) is 0 Å². The minimum absolute atomic E-state index is 0.114. The van der Waals surface area contributed by atoms with Crippen molar-refractivity contribution in [2.75, 3.05) is 37.6 Å². The normalized spacial score (nSPS) is 19.0. The van der Waals surface area contributed by atoms with E-state index >= 15 is 0 Å². The average Bonchev–Trinajstić information content (AvgIpc) is 3.07. The Hall–Kier alpha value is -1.99. The van der Waals surface area contributed by atoms with E-state index in [1.54, 1.807) is 17.7 Å². The minimum Gasteiger partial charge on any atom is -0.356 e. The summed E-state index contributed by atoms with van der Waals surface area (Å²) in [6.07, 6.45) is 7.85. The smallest absolute Gasteiger partial charge is 0.223 e. The number of nitrogens with zero attached hydrogens (tertiary/aromatic N) is 4. The standard InChI is InChI=1S/C24H35N5OS/c1-16(2)5-10-28-11-8-20(9-12-28)27-23(30)19-6-13-29(14-7-19)22-21-17(3)18(4)31-24(21)26-15-25-22/h5,15,19-20H,6-14H2,1-4H3,(H,27,30). The van der Waals surface area contributed by atoms with Gasteiger partial charge in [0.25, 0.3) is 0 Å². The number of carbonyl (C=O) groups excluding carboxylic acids is 1. The van der Waals surface area contributed by atoms with E-state index in [0.29, 0.717) is 6.04 Å². The van der Waals surface area contributed by atoms with Crippen molar-refractivity contribution in [3.05, 3.63) is 28.4 Å². The molecule has 0 aliphatic carbocycles. The molecule has 168 valence electrons. The van der Waals surface area contributed by atoms with Gasteiger partial charge < -0.3 is 10.2 Å². The first-order valence-electron chi connectivity index (χ1n) is 11.5. The van der Waals surface area contributed by atoms with E-state index in [-0.39, 0.29) is 11.8 Å². The van der Waals surface area contributed by atoms with Crippen LogP contribution in [0, 0.1) is 19.8 Å². The summed E-state index contributed by atoms with van der Waals surface area (Å²) in [6.45, 7) is 13.5. The minimum atomic E-state index is 0.114. The number of nitrogens with one attached hydrogen (secondary N) is 1. The molecule has 2 aliphatic heterocycles. The third-order valence-corrected chi connectivity index (χ3v) is 7.92. The highest BCUT2D eigenvalue weighted by atomic mass is 32.1. The van der Waals surface area contributed by atoms with Crippen LogP contribution >= 0.6 is 11.3 Å². The maximum Gasteiger partial charge on any atom is 0.223 e. The molecule has 0 aromatic carbocycles. The molecule has 0 bridgehead atoms. The number of anilines is 1. The summed E-state index contributed by atoms with van der Waals surface area (Å²) in [5, 5.41) is 4.53. The molecule has 6 nitrogen and oxygen atoms in total. The number of amides is 1. The van der Waals surface area contributed by atoms with Gasteiger partial charge in [0, 0.05) is 49.6 Å². The van der Waals surface area contributed by atoms with Crippen LogP contribution in [0.3, 0.4) is 0 Å². The lowest BCUT2D eigenvalue weighted by Crippen LogP contribution is -2.48. The number of aromatic nitrogens is 2. The van der Waals surface area contributed by atoms with Crippen molar-refractivity contribution in [2.45, 2.75) is 59.4 Å². The van der Waals surface area contributed by atoms with Crippen LogP contribution in [0.2, 0.25) is 0 Å². The Morgan fingerprint density at radius 3 is 2.52 bits per heavy atom. The first kappa shape index (κ1) is 22.2. The van der Waals surface area contributed by atoms with E-state index < -0.39 is 0 Å². The largest absolute Gasteiger partial charge is 0.356 e. The molecule has 1 amide bonds. The number of hydrogen-bond donors (Lipinski definition) is 1. The summed E-state index contributed by atoms with van der Waals surface area (Å²) < 4.78 is 0. The molecule has 0 unspecified atom stereocenters. The summed E-state index contributed by atoms with van der Waals surface area (Å²) in [6, 6.07) is 0.325. The zero-order chi connectivity index (χ0) is 22.0. The Morgan fingerprint density at radius 2 is 1.84 bits per heavy atom. The summed E-state index contributed by atoms with van der Waals surface area (Å²) in [7, 11) is 0. The first-order valence-corrected chi connectivity index (χ1v) is 12.4. The molecule has 31 heavy (non-hydrogen) atoms. The predicted octanol–water partition coefficient (Wildman–Crippen LogP) is 4.07. The lowest BCUT2D eigenvalue weighted by molar-refractivity contribution is -0.126. The summed E-state index contributed by atoms with van der Waals surface area (Å²) in [5.41, 5.74) is 2.65. The van der Waals surface area contributed by atoms with Crippen molar-refractivity contribution in [3.8, 4) is 0 Å². The van der Waals surface area contributed by atoms with Crippen LogP contribution in [0.4, 0.5) is 5.82 Å². The SMILES string of the molecule is CC(C)=CCN1CCC(NC(=O)C2CCN(c3ncnc4sc(C)c(C)c34)CC2)CC1. The summed E-state index contributed by atoms with van der Waals surface area (Å²) in [5.74, 6) is 1.40. The monoisotopic (exact) mass is 441 g/mol. The maximum atomic E-state index is 12.9. The second-order valence-corrected chi connectivity index (χ2v) is 10.5. The molecule has 4 rings (SSSR count). The number of thiophene rings is 1. The van der Waals surface area contributed by atoms with Gasteiger partial charge in [0.05, 0.1) is 5.39 Å². The van der Waals surface area contributed by atoms with E-state index in [4.69, 9.17) is 0 Å². The number of allylic oxidation sites excluding steroid dienone is 1. The number of likely N-dealkylation sites (tertiary alicyclic amines) is 1. The number of fused-ring (bicyclic) bond motifs is 1. The Labute approximate surface area is 189 Å². The molecule has 2 aromatic rings. The molecule has 2 aromatic heterocycles. The first-order chi connectivity index (χ1) is 14.9. The fourth-order valence-corrected chi connectivity index (χ4v) is 5.64. The number of aryl methyl sites for hydroxylation is 2. The van der Waals surface area contributed by atoms with Gasteiger partial charge in [-0.1, -0.05) is 11.6 Å². The number of carbonyl (C=O) groups is 1. The van der Waals surface area contributed by atoms with Gasteiger partial charge in [-0.3, -0.25) is 9.69 Å². The van der Waals surface area contributed by atoms with Gasteiger partial charge in [-0.15, -0.1) is 11.3 Å². The molecule has 2 fully saturated rings. The van der Waals surface area contributed by atoms with Crippen molar-refractivity contribution in [1.29, 1.82) is 0 Å². The molecule has 1 N–H and O–H groups in total. The third-order valence-electron chi connectivity index (χ3n) is 6.80. The molecule has 2 aliphatic rings. The predicted molar refractivity (Wildman–Crippen MR) is 129 cm³/mol. The van der Waals surface area contributed by atoms with Crippen molar-refractivity contribution < 1.29 is 4.79 Å². The summed E-state index contributed by atoms with van der Waals surface area (Å²) in [4.78, 5) is 29.2. The number of piperidine rings is 2. The van der Waals surface area contributed by atoms with Gasteiger partial charge in [0.2, 0.25) is 5.91 Å². The fraction of sp³-hybridized carbons (Fsp3) is 0.625. The molecule has 7 heteroatoms. The van der Waals surface area contributed by atoms with Crippen LogP contribution in [-0.2, 0) is 4.79 Å². The quantitative estimate of drug-likeness (QED) is 0.709. The van der Waals surface area contributed by atoms with E-state index in [1.807, 2.05) is 0 Å². The topological polar surface area (TPSA) is 61.4 Å². The van der Waals surface area contributed by atoms with Crippen LogP contribution in [0.25, 0.3) is 10.2 Å². The molecular weight excluding hydrogens is 406 g/mol. The van der Waals surface area contributed by atoms with Crippen LogP contribution < -0.4 is 10.2 Å². The molecule has 4 heterocycles. The lowest BCUT2D eigenvalue weighted by atomic mass is 9.94. The Balaban J connectivity index is 1.29. The second kappa shape index (κ2) is 9.65. The van der Waals surface area contributed by atoms with Gasteiger partial charge in [0.1, 0.15) is 17.0 Å². The average molecular weight is 442 g/mol. The van der Waals surface area contributed by atoms with Crippen molar-refractivity contribution in [3.63, 3.8) is 0 Å². The second-order valence-electron chi connectivity index (χ2n) is 9.29. The molecular formula is C24H35N5OS. The highest BCUT2D eigenvalue weighted by molar-refractivity contribution is 7.18. The zero-order valence-electron chi connectivity index (χ0n) is 19.3. The third kappa shape index (κ3) is 5.09. The van der Waals surface area contributed by atoms with Gasteiger partial charge in [0.15, 0.2) is 0 Å². The lowest BCUT2D eigenvalue weighted by Gasteiger charge is -2.35. The zero-order valence-corrected chi connectivity index (χ0v) is 20.1. The molecule has 0 atom stereocenters. The van der Waals surface area contributed by atoms with Crippen LogP contribution in [0.1, 0.15) is 50.0 Å². The highest BCUT2D eigenvalue weighted by Crippen LogP contribution is 2.35. The van der Waals surface area contributed by atoms with Crippen LogP contribution in [0.15, 0.2) is 18.0 Å². The fourth-order valence-electron chi connectivity index (χ4n) is 4.65. The van der Waals surface area contributed by atoms with E-state index in [9.17, 15) is 4.79 Å². The van der Waals surface area contributed by atoms with Gasteiger partial charge >= 0.3 is 0 Å². The van der Waals surface area contributed by atoms with Crippen molar-refractivity contribution in [2.24, 2.45) is 5.92 Å². The number of rotatable bonds is 5. The maximum absolute atomic E-state index is 12.9. The van der Waals surface area contributed by atoms with Crippen LogP contribution in [0.5, 0.6) is 0 Å². The van der Waals surface area contributed by atoms with Gasteiger partial charge in [-0.25, -0.2) is 9.97 Å². The Bertz CT molecular complexity index is 948. The molecule has 0 spiro atoms. The summed E-state index contributed by atoms with van der Waals surface area (Å²) >= 11 is 1.74. The van der Waals surface area contributed by atoms with E-state index in [0.717, 1.165) is 69.1 Å². The van der Waals surface area contributed by atoms with Crippen LogP contribution in [-0.4, -0.2) is 59.5 Å². The molecule has 0 saturated carbocycles. The number of hydrogen-bond acceptors (Lipinski definition) is 6. The van der Waals surface area contributed by atoms with Crippen molar-refractivity contribution >= 4 is 33.3 Å². The highest BCUT2D eigenvalue weighted by Gasteiger charge is 2.29. The van der Waals surface area contributed by atoms with Crippen molar-refractivity contribution in [1.82, 2.24) is 20.2 Å². The molecule has 2 saturated heterocycles.